The fourth-order valence-electron chi connectivity index (χ4n) is 2.87. The number of amides is 1. The van der Waals surface area contributed by atoms with Gasteiger partial charge in [-0.3, -0.25) is 9.89 Å². The highest BCUT2D eigenvalue weighted by molar-refractivity contribution is 6.08. The van der Waals surface area contributed by atoms with E-state index in [9.17, 15) is 9.18 Å². The number of allylic oxidation sites excluding steroid dienone is 1. The van der Waals surface area contributed by atoms with Crippen molar-refractivity contribution in [2.75, 3.05) is 5.32 Å². The van der Waals surface area contributed by atoms with Gasteiger partial charge in [0.1, 0.15) is 5.82 Å². The number of carbonyl (C=O) groups excluding carboxylic acids is 1. The third-order valence-corrected chi connectivity index (χ3v) is 4.06. The molecule has 0 aliphatic heterocycles. The molecule has 1 aliphatic rings. The van der Waals surface area contributed by atoms with Crippen molar-refractivity contribution in [2.45, 2.75) is 12.8 Å². The van der Waals surface area contributed by atoms with Gasteiger partial charge in [-0.05, 0) is 48.2 Å². The predicted octanol–water partition coefficient (Wildman–Crippen LogP) is 3.91. The average Bonchev–Trinajstić information content (AvgIpc) is 2.98. The van der Waals surface area contributed by atoms with Gasteiger partial charge in [0.25, 0.3) is 5.91 Å². The summed E-state index contributed by atoms with van der Waals surface area (Å²) < 4.78 is 13.9. The fourth-order valence-corrected chi connectivity index (χ4v) is 2.87. The lowest BCUT2D eigenvalue weighted by molar-refractivity contribution is 0.102. The minimum atomic E-state index is -0.417. The molecule has 1 aliphatic carbocycles. The number of halogens is 1. The van der Waals surface area contributed by atoms with Crippen molar-refractivity contribution in [1.29, 1.82) is 0 Å². The van der Waals surface area contributed by atoms with Crippen LogP contribution in [-0.2, 0) is 6.42 Å². The molecule has 4 rings (SSSR count). The predicted molar refractivity (Wildman–Crippen MR) is 87.8 cm³/mol. The summed E-state index contributed by atoms with van der Waals surface area (Å²) in [5.74, 6) is -0.514. The van der Waals surface area contributed by atoms with Gasteiger partial charge in [0, 0.05) is 5.56 Å². The number of hydrogen-bond donors (Lipinski definition) is 2. The van der Waals surface area contributed by atoms with Gasteiger partial charge in [0.2, 0.25) is 0 Å². The normalized spacial score (nSPS) is 13.1. The molecule has 0 atom stereocenters. The summed E-state index contributed by atoms with van der Waals surface area (Å²) in [5, 5.41) is 9.69. The van der Waals surface area contributed by atoms with Crippen LogP contribution in [0.2, 0.25) is 0 Å². The molecule has 2 N–H and O–H groups in total. The summed E-state index contributed by atoms with van der Waals surface area (Å²) in [6.45, 7) is 0. The van der Waals surface area contributed by atoms with Gasteiger partial charge in [-0.25, -0.2) is 4.39 Å². The number of aromatic nitrogens is 2. The van der Waals surface area contributed by atoms with Crippen LogP contribution >= 0.6 is 0 Å². The molecule has 4 nitrogen and oxygen atoms in total. The van der Waals surface area contributed by atoms with Gasteiger partial charge in [-0.2, -0.15) is 5.10 Å². The zero-order chi connectivity index (χ0) is 15.8. The molecule has 5 heteroatoms. The Labute approximate surface area is 132 Å². The molecule has 114 valence electrons. The minimum Gasteiger partial charge on any atom is -0.304 e. The van der Waals surface area contributed by atoms with Gasteiger partial charge >= 0.3 is 0 Å². The number of aryl methyl sites for hydroxylation is 1. The Hall–Kier alpha value is -2.95. The third kappa shape index (κ3) is 2.40. The number of carbonyl (C=O) groups is 1. The van der Waals surface area contributed by atoms with E-state index in [0.29, 0.717) is 16.5 Å². The molecule has 0 bridgehead atoms. The zero-order valence-corrected chi connectivity index (χ0v) is 12.3. The number of rotatable bonds is 2. The van der Waals surface area contributed by atoms with Crippen molar-refractivity contribution in [3.05, 3.63) is 65.0 Å². The number of aromatic amines is 1. The van der Waals surface area contributed by atoms with Crippen LogP contribution in [0.25, 0.3) is 17.0 Å². The van der Waals surface area contributed by atoms with E-state index in [1.165, 1.54) is 11.6 Å². The van der Waals surface area contributed by atoms with Crippen LogP contribution < -0.4 is 5.32 Å². The zero-order valence-electron chi connectivity index (χ0n) is 12.3. The summed E-state index contributed by atoms with van der Waals surface area (Å²) in [4.78, 5) is 12.4. The summed E-state index contributed by atoms with van der Waals surface area (Å²) in [6.07, 6.45) is 6.14. The molecule has 23 heavy (non-hydrogen) atoms. The Balaban J connectivity index is 1.66. The molecular formula is C18H14FN3O. The molecule has 1 heterocycles. The first-order valence-corrected chi connectivity index (χ1v) is 7.46. The standard InChI is InChI=1S/C18H14FN3O/c19-14-6-3-7-15-16(14)17(22-21-15)20-18(23)13-9-8-11-4-1-2-5-12(11)10-13/h2-3,5-10H,1,4H2,(H2,20,21,22,23). The van der Waals surface area contributed by atoms with Crippen LogP contribution in [0, 0.1) is 5.82 Å². The maximum atomic E-state index is 13.9. The summed E-state index contributed by atoms with van der Waals surface area (Å²) >= 11 is 0. The highest BCUT2D eigenvalue weighted by Gasteiger charge is 2.15. The molecular weight excluding hydrogens is 293 g/mol. The molecule has 0 fully saturated rings. The Morgan fingerprint density at radius 3 is 3.09 bits per heavy atom. The maximum absolute atomic E-state index is 13.9. The van der Waals surface area contributed by atoms with E-state index >= 15 is 0 Å². The molecule has 1 aromatic heterocycles. The first kappa shape index (κ1) is 13.7. The van der Waals surface area contributed by atoms with Crippen molar-refractivity contribution < 1.29 is 9.18 Å². The lowest BCUT2D eigenvalue weighted by Gasteiger charge is -2.11. The number of benzene rings is 2. The summed E-state index contributed by atoms with van der Waals surface area (Å²) in [6, 6.07) is 10.3. The minimum absolute atomic E-state index is 0.205. The van der Waals surface area contributed by atoms with Crippen molar-refractivity contribution >= 4 is 28.7 Å². The second-order valence-electron chi connectivity index (χ2n) is 5.54. The van der Waals surface area contributed by atoms with Gasteiger partial charge in [0.15, 0.2) is 5.82 Å². The van der Waals surface area contributed by atoms with E-state index < -0.39 is 5.82 Å². The van der Waals surface area contributed by atoms with Crippen LogP contribution in [0.1, 0.15) is 27.9 Å². The van der Waals surface area contributed by atoms with Crippen LogP contribution in [0.15, 0.2) is 42.5 Å². The van der Waals surface area contributed by atoms with Crippen LogP contribution in [0.5, 0.6) is 0 Å². The smallest absolute Gasteiger partial charge is 0.256 e. The Bertz CT molecular complexity index is 943. The molecule has 0 spiro atoms. The second kappa shape index (κ2) is 5.35. The van der Waals surface area contributed by atoms with Gasteiger partial charge in [-0.1, -0.05) is 24.3 Å². The van der Waals surface area contributed by atoms with E-state index in [-0.39, 0.29) is 11.7 Å². The number of anilines is 1. The van der Waals surface area contributed by atoms with Crippen LogP contribution in [-0.4, -0.2) is 16.1 Å². The lowest BCUT2D eigenvalue weighted by Crippen LogP contribution is -2.13. The van der Waals surface area contributed by atoms with Crippen molar-refractivity contribution in [3.8, 4) is 0 Å². The monoisotopic (exact) mass is 307 g/mol. The molecule has 0 unspecified atom stereocenters. The second-order valence-corrected chi connectivity index (χ2v) is 5.54. The van der Waals surface area contributed by atoms with Crippen molar-refractivity contribution in [2.24, 2.45) is 0 Å². The molecule has 3 aromatic rings. The topological polar surface area (TPSA) is 57.8 Å². The fraction of sp³-hybridized carbons (Fsp3) is 0.111. The molecule has 0 saturated heterocycles. The number of fused-ring (bicyclic) bond motifs is 2. The quantitative estimate of drug-likeness (QED) is 0.754. The van der Waals surface area contributed by atoms with E-state index in [2.05, 4.69) is 21.6 Å². The Kier molecular flexibility index (Phi) is 3.19. The molecule has 0 saturated carbocycles. The number of nitrogens with one attached hydrogen (secondary N) is 2. The Morgan fingerprint density at radius 1 is 1.26 bits per heavy atom. The van der Waals surface area contributed by atoms with E-state index in [0.717, 1.165) is 18.4 Å². The first-order chi connectivity index (χ1) is 11.2. The van der Waals surface area contributed by atoms with E-state index in [1.54, 1.807) is 18.2 Å². The summed E-state index contributed by atoms with van der Waals surface area (Å²) in [5.41, 5.74) is 3.37. The van der Waals surface area contributed by atoms with Gasteiger partial charge < -0.3 is 5.32 Å². The van der Waals surface area contributed by atoms with Crippen molar-refractivity contribution in [3.63, 3.8) is 0 Å². The highest BCUT2D eigenvalue weighted by Crippen LogP contribution is 2.25. The lowest BCUT2D eigenvalue weighted by atomic mass is 9.95. The average molecular weight is 307 g/mol. The molecule has 2 aromatic carbocycles. The van der Waals surface area contributed by atoms with Gasteiger partial charge in [0.05, 0.1) is 10.9 Å². The van der Waals surface area contributed by atoms with Crippen molar-refractivity contribution in [1.82, 2.24) is 10.2 Å². The van der Waals surface area contributed by atoms with Crippen LogP contribution in [0.3, 0.4) is 0 Å². The van der Waals surface area contributed by atoms with E-state index in [1.807, 2.05) is 18.2 Å². The highest BCUT2D eigenvalue weighted by atomic mass is 19.1. The van der Waals surface area contributed by atoms with E-state index in [4.69, 9.17) is 0 Å². The largest absolute Gasteiger partial charge is 0.304 e. The first-order valence-electron chi connectivity index (χ1n) is 7.46. The molecule has 1 amide bonds. The number of nitrogens with zero attached hydrogens (tertiary/aromatic N) is 1. The Morgan fingerprint density at radius 2 is 2.17 bits per heavy atom. The SMILES string of the molecule is O=C(Nc1n[nH]c2cccc(F)c12)c1ccc2c(c1)C=CCC2. The summed E-state index contributed by atoms with van der Waals surface area (Å²) in [7, 11) is 0. The third-order valence-electron chi connectivity index (χ3n) is 4.06. The van der Waals surface area contributed by atoms with Gasteiger partial charge in [-0.15, -0.1) is 0 Å². The van der Waals surface area contributed by atoms with Crippen LogP contribution in [0.4, 0.5) is 10.2 Å². The maximum Gasteiger partial charge on any atom is 0.256 e. The molecule has 0 radical (unpaired) electrons. The number of hydrogen-bond acceptors (Lipinski definition) is 2. The number of H-pyrrole nitrogens is 1.